The molecule has 0 aliphatic carbocycles. The van der Waals surface area contributed by atoms with E-state index in [1.54, 1.807) is 7.11 Å². The van der Waals surface area contributed by atoms with E-state index in [0.29, 0.717) is 13.1 Å². The van der Waals surface area contributed by atoms with E-state index in [0.717, 1.165) is 43.2 Å². The van der Waals surface area contributed by atoms with E-state index in [1.807, 2.05) is 42.2 Å². The molecule has 0 aromatic heterocycles. The first kappa shape index (κ1) is 19.2. The molecule has 1 aliphatic rings. The third-order valence-electron chi connectivity index (χ3n) is 5.19. The van der Waals surface area contributed by atoms with Crippen LogP contribution in [0.2, 0.25) is 0 Å². The predicted octanol–water partition coefficient (Wildman–Crippen LogP) is 3.18. The molecule has 0 N–H and O–H groups in total. The van der Waals surface area contributed by atoms with Crippen molar-refractivity contribution >= 4 is 17.3 Å². The Bertz CT molecular complexity index is 752. The van der Waals surface area contributed by atoms with Crippen molar-refractivity contribution in [2.24, 2.45) is 0 Å². The zero-order chi connectivity index (χ0) is 19.2. The molecular formula is C22H29N3O2. The van der Waals surface area contributed by atoms with Crippen LogP contribution in [0.25, 0.3) is 0 Å². The lowest BCUT2D eigenvalue weighted by Gasteiger charge is -2.36. The van der Waals surface area contributed by atoms with Crippen molar-refractivity contribution in [2.45, 2.75) is 13.8 Å². The average molecular weight is 367 g/mol. The fourth-order valence-corrected chi connectivity index (χ4v) is 3.58. The normalized spacial score (nSPS) is 14.9. The van der Waals surface area contributed by atoms with Crippen LogP contribution >= 0.6 is 0 Å². The number of para-hydroxylation sites is 1. The predicted molar refractivity (Wildman–Crippen MR) is 111 cm³/mol. The number of carbonyl (C=O) groups is 1. The van der Waals surface area contributed by atoms with Crippen LogP contribution in [0.15, 0.2) is 48.5 Å². The molecule has 1 fully saturated rings. The van der Waals surface area contributed by atoms with Gasteiger partial charge in [-0.1, -0.05) is 18.2 Å². The second-order valence-corrected chi connectivity index (χ2v) is 6.89. The summed E-state index contributed by atoms with van der Waals surface area (Å²) in [6.45, 7) is 8.89. The van der Waals surface area contributed by atoms with Gasteiger partial charge in [-0.15, -0.1) is 0 Å². The second kappa shape index (κ2) is 8.91. The number of carbonyl (C=O) groups excluding carboxylic acids is 1. The Labute approximate surface area is 162 Å². The maximum absolute atomic E-state index is 12.9. The molecule has 1 heterocycles. The van der Waals surface area contributed by atoms with Gasteiger partial charge in [-0.3, -0.25) is 9.69 Å². The van der Waals surface area contributed by atoms with Crippen molar-refractivity contribution in [3.63, 3.8) is 0 Å². The molecule has 0 bridgehead atoms. The Hall–Kier alpha value is -2.53. The highest BCUT2D eigenvalue weighted by Crippen LogP contribution is 2.22. The summed E-state index contributed by atoms with van der Waals surface area (Å²) in [5.41, 5.74) is 3.36. The largest absolute Gasteiger partial charge is 0.497 e. The van der Waals surface area contributed by atoms with Crippen LogP contribution in [0.5, 0.6) is 5.75 Å². The number of hydrogen-bond acceptors (Lipinski definition) is 4. The summed E-state index contributed by atoms with van der Waals surface area (Å²) in [6, 6.07) is 16.3. The van der Waals surface area contributed by atoms with E-state index in [9.17, 15) is 4.79 Å². The minimum Gasteiger partial charge on any atom is -0.497 e. The van der Waals surface area contributed by atoms with Crippen molar-refractivity contribution in [1.29, 1.82) is 0 Å². The molecule has 1 saturated heterocycles. The van der Waals surface area contributed by atoms with E-state index in [4.69, 9.17) is 4.74 Å². The van der Waals surface area contributed by atoms with E-state index < -0.39 is 0 Å². The minimum absolute atomic E-state index is 0.171. The van der Waals surface area contributed by atoms with Crippen LogP contribution in [-0.4, -0.2) is 57.2 Å². The lowest BCUT2D eigenvalue weighted by atomic mass is 10.1. The molecule has 0 radical (unpaired) electrons. The van der Waals surface area contributed by atoms with Crippen molar-refractivity contribution in [3.8, 4) is 5.75 Å². The van der Waals surface area contributed by atoms with Gasteiger partial charge in [0.1, 0.15) is 5.75 Å². The highest BCUT2D eigenvalue weighted by Gasteiger charge is 2.22. The molecule has 1 aliphatic heterocycles. The number of hydrogen-bond donors (Lipinski definition) is 0. The van der Waals surface area contributed by atoms with Crippen LogP contribution in [0.1, 0.15) is 12.5 Å². The molecule has 0 saturated carbocycles. The number of likely N-dealkylation sites (N-methyl/N-ethyl adjacent to an activating group) is 1. The SMILES string of the molecule is CCN(C(=O)CN1CCN(c2ccc(OC)cc2)CC1)c1ccccc1C. The Balaban J connectivity index is 1.56. The fraction of sp³-hybridized carbons (Fsp3) is 0.409. The molecule has 144 valence electrons. The van der Waals surface area contributed by atoms with Gasteiger partial charge in [0.2, 0.25) is 5.91 Å². The van der Waals surface area contributed by atoms with Gasteiger partial charge < -0.3 is 14.5 Å². The molecule has 2 aromatic carbocycles. The number of ether oxygens (including phenoxy) is 1. The van der Waals surface area contributed by atoms with E-state index in [1.165, 1.54) is 5.69 Å². The summed E-state index contributed by atoms with van der Waals surface area (Å²) in [5.74, 6) is 1.04. The van der Waals surface area contributed by atoms with Gasteiger partial charge in [-0.25, -0.2) is 0 Å². The van der Waals surface area contributed by atoms with Gasteiger partial charge in [0, 0.05) is 44.1 Å². The summed E-state index contributed by atoms with van der Waals surface area (Å²) in [4.78, 5) is 19.4. The zero-order valence-electron chi connectivity index (χ0n) is 16.5. The second-order valence-electron chi connectivity index (χ2n) is 6.89. The first-order valence-corrected chi connectivity index (χ1v) is 9.59. The van der Waals surface area contributed by atoms with E-state index in [-0.39, 0.29) is 5.91 Å². The van der Waals surface area contributed by atoms with Crippen LogP contribution in [0.4, 0.5) is 11.4 Å². The van der Waals surface area contributed by atoms with Crippen LogP contribution in [-0.2, 0) is 4.79 Å². The Kier molecular flexibility index (Phi) is 6.35. The molecule has 3 rings (SSSR count). The van der Waals surface area contributed by atoms with Crippen molar-refractivity contribution in [1.82, 2.24) is 4.90 Å². The summed E-state index contributed by atoms with van der Waals surface area (Å²) >= 11 is 0. The maximum Gasteiger partial charge on any atom is 0.241 e. The Morgan fingerprint density at radius 1 is 1.04 bits per heavy atom. The minimum atomic E-state index is 0.171. The van der Waals surface area contributed by atoms with Gasteiger partial charge in [-0.2, -0.15) is 0 Å². The Morgan fingerprint density at radius 3 is 2.30 bits per heavy atom. The van der Waals surface area contributed by atoms with Gasteiger partial charge in [0.25, 0.3) is 0 Å². The summed E-state index contributed by atoms with van der Waals surface area (Å²) in [6.07, 6.45) is 0. The average Bonchev–Trinajstić information content (AvgIpc) is 2.71. The standard InChI is InChI=1S/C22H29N3O2/c1-4-25(21-8-6-5-7-18(21)2)22(26)17-23-13-15-24(16-14-23)19-9-11-20(27-3)12-10-19/h5-12H,4,13-17H2,1-3H3. The number of rotatable bonds is 6. The molecule has 0 atom stereocenters. The number of nitrogens with zero attached hydrogens (tertiary/aromatic N) is 3. The van der Waals surface area contributed by atoms with Crippen LogP contribution < -0.4 is 14.5 Å². The van der Waals surface area contributed by atoms with Gasteiger partial charge in [0.15, 0.2) is 0 Å². The summed E-state index contributed by atoms with van der Waals surface area (Å²) in [5, 5.41) is 0. The zero-order valence-corrected chi connectivity index (χ0v) is 16.5. The maximum atomic E-state index is 12.9. The molecule has 0 spiro atoms. The quantitative estimate of drug-likeness (QED) is 0.786. The van der Waals surface area contributed by atoms with Gasteiger partial charge in [0.05, 0.1) is 13.7 Å². The third-order valence-corrected chi connectivity index (χ3v) is 5.19. The van der Waals surface area contributed by atoms with E-state index in [2.05, 4.69) is 34.9 Å². The number of benzene rings is 2. The van der Waals surface area contributed by atoms with E-state index >= 15 is 0 Å². The van der Waals surface area contributed by atoms with Crippen molar-refractivity contribution in [3.05, 3.63) is 54.1 Å². The molecule has 2 aromatic rings. The molecule has 27 heavy (non-hydrogen) atoms. The van der Waals surface area contributed by atoms with Gasteiger partial charge >= 0.3 is 0 Å². The van der Waals surface area contributed by atoms with Crippen molar-refractivity contribution < 1.29 is 9.53 Å². The lowest BCUT2D eigenvalue weighted by molar-refractivity contribution is -0.119. The molecule has 5 nitrogen and oxygen atoms in total. The number of piperazine rings is 1. The van der Waals surface area contributed by atoms with Crippen LogP contribution in [0.3, 0.4) is 0 Å². The third kappa shape index (κ3) is 4.61. The number of aryl methyl sites for hydroxylation is 1. The fourth-order valence-electron chi connectivity index (χ4n) is 3.58. The number of anilines is 2. The number of methoxy groups -OCH3 is 1. The van der Waals surface area contributed by atoms with Crippen LogP contribution in [0, 0.1) is 6.92 Å². The summed E-state index contributed by atoms with van der Waals surface area (Å²) < 4.78 is 5.23. The topological polar surface area (TPSA) is 36.0 Å². The van der Waals surface area contributed by atoms with Crippen molar-refractivity contribution in [2.75, 3.05) is 56.2 Å². The highest BCUT2D eigenvalue weighted by molar-refractivity contribution is 5.95. The van der Waals surface area contributed by atoms with Gasteiger partial charge in [-0.05, 0) is 49.7 Å². The molecule has 1 amide bonds. The lowest BCUT2D eigenvalue weighted by Crippen LogP contribution is -2.50. The Morgan fingerprint density at radius 2 is 1.70 bits per heavy atom. The first-order chi connectivity index (χ1) is 13.1. The molecular weight excluding hydrogens is 338 g/mol. The summed E-state index contributed by atoms with van der Waals surface area (Å²) in [7, 11) is 1.68. The smallest absolute Gasteiger partial charge is 0.241 e. The first-order valence-electron chi connectivity index (χ1n) is 9.59. The monoisotopic (exact) mass is 367 g/mol. The molecule has 0 unspecified atom stereocenters. The highest BCUT2D eigenvalue weighted by atomic mass is 16.5. The number of amides is 1. The molecule has 5 heteroatoms.